The summed E-state index contributed by atoms with van der Waals surface area (Å²) in [4.78, 5) is 11.6. The highest BCUT2D eigenvalue weighted by atomic mass is 19.4. The van der Waals surface area contributed by atoms with Crippen LogP contribution >= 0.6 is 0 Å². The van der Waals surface area contributed by atoms with Crippen LogP contribution in [0.15, 0.2) is 4.79 Å². The van der Waals surface area contributed by atoms with Gasteiger partial charge in [-0.25, -0.2) is 30.7 Å². The Hall–Kier alpha value is -3.15. The third-order valence-corrected chi connectivity index (χ3v) is 5.19. The Balaban J connectivity index is 2.83. The van der Waals surface area contributed by atoms with Crippen molar-refractivity contribution in [1.82, 2.24) is 0 Å². The Labute approximate surface area is 188 Å². The second-order valence-corrected chi connectivity index (χ2v) is 7.20. The summed E-state index contributed by atoms with van der Waals surface area (Å²) in [6, 6.07) is 0. The average molecular weight is 574 g/mol. The van der Waals surface area contributed by atoms with E-state index < -0.39 is 104 Å². The van der Waals surface area contributed by atoms with Gasteiger partial charge >= 0.3 is 24.2 Å². The van der Waals surface area contributed by atoms with Crippen molar-refractivity contribution in [2.45, 2.75) is 29.9 Å². The zero-order chi connectivity index (χ0) is 29.0. The lowest BCUT2D eigenvalue weighted by Gasteiger charge is -2.33. The predicted molar refractivity (Wildman–Crippen MR) is 80.7 cm³/mol. The highest BCUT2D eigenvalue weighted by Gasteiger charge is 2.77. The smallest absolute Gasteiger partial charge is 0.283 e. The van der Waals surface area contributed by atoms with E-state index in [4.69, 9.17) is 0 Å². The van der Waals surface area contributed by atoms with Gasteiger partial charge in [0.25, 0.3) is 5.43 Å². The first kappa shape index (κ1) is 28.4. The summed E-state index contributed by atoms with van der Waals surface area (Å²) in [6.07, 6.45) is -14.5. The van der Waals surface area contributed by atoms with E-state index in [0.717, 1.165) is 0 Å². The molecule has 0 saturated carbocycles. The Kier molecular flexibility index (Phi) is 5.90. The van der Waals surface area contributed by atoms with Gasteiger partial charge in [0, 0.05) is 11.1 Å². The molecule has 0 spiro atoms. The molecule has 3 rings (SSSR count). The lowest BCUT2D eigenvalue weighted by atomic mass is 9.85. The normalized spacial score (nSPS) is 18.2. The SMILES string of the molecule is O=c1c(F)c(F)c(F)c2c(c1F)-c1c(F)c(C(F)(F)C(F)(F)F)c(F)c(F)c1C2(F)C(F)(F)C(F)(F)F. The number of halogens is 18. The third-order valence-electron chi connectivity index (χ3n) is 5.19. The summed E-state index contributed by atoms with van der Waals surface area (Å²) in [6.45, 7) is 0. The summed E-state index contributed by atoms with van der Waals surface area (Å²) >= 11 is 0. The summed E-state index contributed by atoms with van der Waals surface area (Å²) in [5, 5.41) is 0. The molecule has 1 nitrogen and oxygen atoms in total. The fourth-order valence-corrected chi connectivity index (χ4v) is 3.56. The topological polar surface area (TPSA) is 17.1 Å². The van der Waals surface area contributed by atoms with Crippen LogP contribution in [0.2, 0.25) is 0 Å². The zero-order valence-electron chi connectivity index (χ0n) is 16.2. The van der Waals surface area contributed by atoms with Gasteiger partial charge in [0.15, 0.2) is 29.1 Å². The maximum atomic E-state index is 15.7. The molecule has 0 radical (unpaired) electrons. The van der Waals surface area contributed by atoms with Crippen LogP contribution in [0.5, 0.6) is 0 Å². The molecule has 1 aliphatic rings. The minimum atomic E-state index is -7.43. The van der Waals surface area contributed by atoms with Gasteiger partial charge in [0.1, 0.15) is 11.4 Å². The summed E-state index contributed by atoms with van der Waals surface area (Å²) in [5.74, 6) is -40.1. The minimum Gasteiger partial charge on any atom is -0.283 e. The minimum absolute atomic E-state index is 3.15. The van der Waals surface area contributed by atoms with Gasteiger partial charge in [0.2, 0.25) is 11.5 Å². The number of rotatable bonds is 2. The van der Waals surface area contributed by atoms with Crippen LogP contribution in [0, 0.1) is 40.7 Å². The number of fused-ring (bicyclic) bond motifs is 3. The maximum Gasteiger partial charge on any atom is 0.458 e. The molecule has 204 valence electrons. The fraction of sp³-hybridized carbons (Fsp3) is 0.278. The molecule has 2 aromatic rings. The molecule has 37 heavy (non-hydrogen) atoms. The van der Waals surface area contributed by atoms with Gasteiger partial charge in [-0.3, -0.25) is 4.79 Å². The lowest BCUT2D eigenvalue weighted by molar-refractivity contribution is -0.323. The van der Waals surface area contributed by atoms with Crippen molar-refractivity contribution in [3.8, 4) is 11.1 Å². The molecule has 19 heteroatoms. The van der Waals surface area contributed by atoms with E-state index in [0.29, 0.717) is 0 Å². The molecular weight excluding hydrogens is 574 g/mol. The molecule has 0 aromatic heterocycles. The first-order valence-electron chi connectivity index (χ1n) is 8.61. The molecule has 0 saturated heterocycles. The molecule has 1 aliphatic carbocycles. The van der Waals surface area contributed by atoms with Crippen molar-refractivity contribution >= 4 is 0 Å². The van der Waals surface area contributed by atoms with Crippen LogP contribution in [0.1, 0.15) is 16.7 Å². The molecule has 2 aromatic carbocycles. The Bertz CT molecular complexity index is 1400. The predicted octanol–water partition coefficient (Wildman–Crippen LogP) is 7.07. The highest BCUT2D eigenvalue weighted by Crippen LogP contribution is 2.64. The Morgan fingerprint density at radius 2 is 0.892 bits per heavy atom. The van der Waals surface area contributed by atoms with Gasteiger partial charge in [0.05, 0.1) is 11.1 Å². The Morgan fingerprint density at radius 1 is 0.486 bits per heavy atom. The van der Waals surface area contributed by atoms with E-state index in [9.17, 15) is 79.4 Å². The summed E-state index contributed by atoms with van der Waals surface area (Å²) < 4.78 is 249. The van der Waals surface area contributed by atoms with E-state index in [1.165, 1.54) is 0 Å². The average Bonchev–Trinajstić information content (AvgIpc) is 3.01. The van der Waals surface area contributed by atoms with Crippen LogP contribution in [-0.2, 0) is 11.6 Å². The van der Waals surface area contributed by atoms with Gasteiger partial charge in [-0.2, -0.15) is 48.3 Å². The maximum absolute atomic E-state index is 15.7. The molecule has 1 atom stereocenters. The van der Waals surface area contributed by atoms with Crippen LogP contribution in [0.25, 0.3) is 11.1 Å². The van der Waals surface area contributed by atoms with Gasteiger partial charge < -0.3 is 0 Å². The van der Waals surface area contributed by atoms with Crippen molar-refractivity contribution in [2.24, 2.45) is 0 Å². The number of benzene rings is 1. The van der Waals surface area contributed by atoms with Crippen LogP contribution in [0.3, 0.4) is 0 Å². The van der Waals surface area contributed by atoms with Crippen LogP contribution in [-0.4, -0.2) is 18.3 Å². The second kappa shape index (κ2) is 7.68. The Morgan fingerprint density at radius 3 is 1.30 bits per heavy atom. The molecule has 0 heterocycles. The summed E-state index contributed by atoms with van der Waals surface area (Å²) in [5.41, 5.74) is -27.3. The number of hydrogen-bond donors (Lipinski definition) is 0. The molecule has 0 aliphatic heterocycles. The molecule has 0 N–H and O–H groups in total. The van der Waals surface area contributed by atoms with Crippen LogP contribution < -0.4 is 5.43 Å². The third kappa shape index (κ3) is 3.27. The van der Waals surface area contributed by atoms with E-state index in [2.05, 4.69) is 0 Å². The van der Waals surface area contributed by atoms with Gasteiger partial charge in [-0.1, -0.05) is 0 Å². The fourth-order valence-electron chi connectivity index (χ4n) is 3.56. The first-order chi connectivity index (χ1) is 16.4. The largest absolute Gasteiger partial charge is 0.458 e. The lowest BCUT2D eigenvalue weighted by Crippen LogP contribution is -2.53. The van der Waals surface area contributed by atoms with E-state index >= 15 is 4.39 Å². The van der Waals surface area contributed by atoms with E-state index in [1.807, 2.05) is 0 Å². The van der Waals surface area contributed by atoms with Crippen molar-refractivity contribution in [3.05, 3.63) is 67.6 Å². The van der Waals surface area contributed by atoms with E-state index in [1.54, 1.807) is 0 Å². The quantitative estimate of drug-likeness (QED) is 0.277. The van der Waals surface area contributed by atoms with Gasteiger partial charge in [-0.15, -0.1) is 0 Å². The molecule has 0 fully saturated rings. The molecular formula is C18F18O. The van der Waals surface area contributed by atoms with Crippen molar-refractivity contribution in [3.63, 3.8) is 0 Å². The van der Waals surface area contributed by atoms with Crippen molar-refractivity contribution < 1.29 is 79.0 Å². The van der Waals surface area contributed by atoms with Crippen molar-refractivity contribution in [2.75, 3.05) is 0 Å². The summed E-state index contributed by atoms with van der Waals surface area (Å²) in [7, 11) is 0. The highest BCUT2D eigenvalue weighted by molar-refractivity contribution is 5.83. The number of hydrogen-bond acceptors (Lipinski definition) is 1. The first-order valence-corrected chi connectivity index (χ1v) is 8.61. The van der Waals surface area contributed by atoms with Gasteiger partial charge in [-0.05, 0) is 0 Å². The monoisotopic (exact) mass is 574 g/mol. The molecule has 0 bridgehead atoms. The number of alkyl halides is 11. The molecule has 1 unspecified atom stereocenters. The van der Waals surface area contributed by atoms with E-state index in [-0.39, 0.29) is 0 Å². The van der Waals surface area contributed by atoms with Crippen LogP contribution in [0.4, 0.5) is 79.0 Å². The molecule has 0 amide bonds. The standard InChI is InChI=1S/C18F18O/c19-6-1-2-4(9(22)11(24)12(25)13(37)7(2)20)14(26,16(29,30)18(34,35)36)3(1)8(21)10(23)5(6)15(27,28)17(31,32)33. The van der Waals surface area contributed by atoms with Crippen molar-refractivity contribution in [1.29, 1.82) is 0 Å². The zero-order valence-corrected chi connectivity index (χ0v) is 16.2. The second-order valence-electron chi connectivity index (χ2n) is 7.20.